The standard InChI is InChI=1S/C10H19NO3/c1-8(7-14-3)11-6-4-5-10(11,2)9(12)13/h8H,4-7H2,1-3H3,(H,12,13)/t8?,10-/m1/s1. The van der Waals surface area contributed by atoms with E-state index in [-0.39, 0.29) is 6.04 Å². The smallest absolute Gasteiger partial charge is 0.323 e. The first-order valence-corrected chi connectivity index (χ1v) is 5.01. The molecule has 0 aliphatic carbocycles. The van der Waals surface area contributed by atoms with Crippen LogP contribution in [0.2, 0.25) is 0 Å². The second-order valence-electron chi connectivity index (χ2n) is 4.18. The summed E-state index contributed by atoms with van der Waals surface area (Å²) < 4.78 is 5.05. The van der Waals surface area contributed by atoms with Gasteiger partial charge in [-0.25, -0.2) is 0 Å². The molecule has 0 aromatic rings. The monoisotopic (exact) mass is 201 g/mol. The highest BCUT2D eigenvalue weighted by molar-refractivity contribution is 5.78. The summed E-state index contributed by atoms with van der Waals surface area (Å²) in [5.41, 5.74) is -0.696. The van der Waals surface area contributed by atoms with E-state index in [1.807, 2.05) is 11.8 Å². The van der Waals surface area contributed by atoms with E-state index in [1.165, 1.54) is 0 Å². The molecular formula is C10H19NO3. The largest absolute Gasteiger partial charge is 0.480 e. The van der Waals surface area contributed by atoms with Crippen LogP contribution in [0.15, 0.2) is 0 Å². The molecule has 1 saturated heterocycles. The Hall–Kier alpha value is -0.610. The lowest BCUT2D eigenvalue weighted by Gasteiger charge is -2.35. The molecule has 1 heterocycles. The number of hydrogen-bond donors (Lipinski definition) is 1. The molecule has 1 unspecified atom stereocenters. The summed E-state index contributed by atoms with van der Waals surface area (Å²) in [6.45, 7) is 5.25. The summed E-state index contributed by atoms with van der Waals surface area (Å²) in [6.07, 6.45) is 1.69. The average Bonchev–Trinajstić information content (AvgIpc) is 2.49. The molecule has 0 spiro atoms. The third kappa shape index (κ3) is 1.91. The zero-order valence-corrected chi connectivity index (χ0v) is 9.12. The minimum atomic E-state index is -0.724. The molecule has 14 heavy (non-hydrogen) atoms. The quantitative estimate of drug-likeness (QED) is 0.736. The number of hydrogen-bond acceptors (Lipinski definition) is 3. The van der Waals surface area contributed by atoms with Crippen LogP contribution >= 0.6 is 0 Å². The lowest BCUT2D eigenvalue weighted by molar-refractivity contribution is -0.150. The number of rotatable bonds is 4. The van der Waals surface area contributed by atoms with Crippen molar-refractivity contribution in [3.63, 3.8) is 0 Å². The van der Waals surface area contributed by atoms with Gasteiger partial charge in [0.25, 0.3) is 0 Å². The average molecular weight is 201 g/mol. The molecule has 0 aromatic carbocycles. The molecule has 4 heteroatoms. The van der Waals surface area contributed by atoms with Gasteiger partial charge in [-0.05, 0) is 33.2 Å². The van der Waals surface area contributed by atoms with Gasteiger partial charge in [-0.2, -0.15) is 0 Å². The minimum Gasteiger partial charge on any atom is -0.480 e. The molecule has 1 aliphatic rings. The number of carboxylic acid groups (broad SMARTS) is 1. The van der Waals surface area contributed by atoms with E-state index in [0.717, 1.165) is 19.4 Å². The predicted octanol–water partition coefficient (Wildman–Crippen LogP) is 0.960. The van der Waals surface area contributed by atoms with Crippen LogP contribution in [0.25, 0.3) is 0 Å². The maximum absolute atomic E-state index is 11.2. The number of ether oxygens (including phenoxy) is 1. The summed E-state index contributed by atoms with van der Waals surface area (Å²) in [4.78, 5) is 13.2. The molecule has 1 aliphatic heterocycles. The van der Waals surface area contributed by atoms with Crippen molar-refractivity contribution in [1.29, 1.82) is 0 Å². The van der Waals surface area contributed by atoms with E-state index in [0.29, 0.717) is 6.61 Å². The molecule has 0 saturated carbocycles. The number of aliphatic carboxylic acids is 1. The molecule has 1 rings (SSSR count). The SMILES string of the molecule is COCC(C)N1CCC[C@]1(C)C(=O)O. The molecular weight excluding hydrogens is 182 g/mol. The third-order valence-corrected chi connectivity index (χ3v) is 3.10. The fourth-order valence-corrected chi connectivity index (χ4v) is 2.25. The second-order valence-corrected chi connectivity index (χ2v) is 4.18. The lowest BCUT2D eigenvalue weighted by Crippen LogP contribution is -2.52. The summed E-state index contributed by atoms with van der Waals surface area (Å²) in [6, 6.07) is 0.170. The van der Waals surface area contributed by atoms with Gasteiger partial charge in [0.15, 0.2) is 0 Å². The number of carbonyl (C=O) groups is 1. The van der Waals surface area contributed by atoms with Gasteiger partial charge in [-0.3, -0.25) is 9.69 Å². The van der Waals surface area contributed by atoms with Crippen LogP contribution in [0.3, 0.4) is 0 Å². The highest BCUT2D eigenvalue weighted by Crippen LogP contribution is 2.31. The molecule has 4 nitrogen and oxygen atoms in total. The minimum absolute atomic E-state index is 0.170. The normalized spacial score (nSPS) is 30.5. The van der Waals surface area contributed by atoms with Gasteiger partial charge < -0.3 is 9.84 Å². The van der Waals surface area contributed by atoms with Gasteiger partial charge in [0.1, 0.15) is 5.54 Å². The van der Waals surface area contributed by atoms with Crippen molar-refractivity contribution < 1.29 is 14.6 Å². The van der Waals surface area contributed by atoms with Crippen LogP contribution in [0.1, 0.15) is 26.7 Å². The summed E-state index contributed by atoms with van der Waals surface area (Å²) >= 11 is 0. The molecule has 1 fully saturated rings. The van der Waals surface area contributed by atoms with Crippen molar-refractivity contribution in [1.82, 2.24) is 4.90 Å². The number of methoxy groups -OCH3 is 1. The van der Waals surface area contributed by atoms with Crippen molar-refractivity contribution in [2.24, 2.45) is 0 Å². The van der Waals surface area contributed by atoms with Crippen molar-refractivity contribution >= 4 is 5.97 Å². The highest BCUT2D eigenvalue weighted by atomic mass is 16.5. The van der Waals surface area contributed by atoms with Crippen LogP contribution in [0.4, 0.5) is 0 Å². The maximum atomic E-state index is 11.2. The lowest BCUT2D eigenvalue weighted by atomic mass is 9.98. The molecule has 0 amide bonds. The molecule has 0 bridgehead atoms. The van der Waals surface area contributed by atoms with Crippen molar-refractivity contribution in [3.05, 3.63) is 0 Å². The molecule has 2 atom stereocenters. The fourth-order valence-electron chi connectivity index (χ4n) is 2.25. The molecule has 1 N–H and O–H groups in total. The van der Waals surface area contributed by atoms with Crippen LogP contribution in [-0.2, 0) is 9.53 Å². The summed E-state index contributed by atoms with van der Waals surface area (Å²) in [7, 11) is 1.64. The first kappa shape index (κ1) is 11.5. The Bertz CT molecular complexity index is 219. The van der Waals surface area contributed by atoms with Crippen LogP contribution in [-0.4, -0.2) is 47.8 Å². The Morgan fingerprint density at radius 1 is 1.71 bits per heavy atom. The van der Waals surface area contributed by atoms with E-state index >= 15 is 0 Å². The van der Waals surface area contributed by atoms with Gasteiger partial charge in [0.2, 0.25) is 0 Å². The Labute approximate surface area is 84.8 Å². The highest BCUT2D eigenvalue weighted by Gasteiger charge is 2.45. The van der Waals surface area contributed by atoms with E-state index in [4.69, 9.17) is 4.74 Å². The van der Waals surface area contributed by atoms with Crippen LogP contribution in [0.5, 0.6) is 0 Å². The van der Waals surface area contributed by atoms with Crippen molar-refractivity contribution in [3.8, 4) is 0 Å². The van der Waals surface area contributed by atoms with E-state index in [9.17, 15) is 9.90 Å². The Morgan fingerprint density at radius 2 is 2.36 bits per heavy atom. The van der Waals surface area contributed by atoms with Gasteiger partial charge in [-0.15, -0.1) is 0 Å². The van der Waals surface area contributed by atoms with Gasteiger partial charge >= 0.3 is 5.97 Å². The number of likely N-dealkylation sites (tertiary alicyclic amines) is 1. The van der Waals surface area contributed by atoms with Crippen molar-refractivity contribution in [2.45, 2.75) is 38.3 Å². The zero-order chi connectivity index (χ0) is 10.8. The zero-order valence-electron chi connectivity index (χ0n) is 9.12. The Kier molecular flexibility index (Phi) is 3.50. The summed E-state index contributed by atoms with van der Waals surface area (Å²) in [5.74, 6) is -0.724. The Morgan fingerprint density at radius 3 is 2.86 bits per heavy atom. The molecule has 0 radical (unpaired) electrons. The maximum Gasteiger partial charge on any atom is 0.323 e. The number of nitrogens with zero attached hydrogens (tertiary/aromatic N) is 1. The second kappa shape index (κ2) is 4.28. The molecule has 0 aromatic heterocycles. The van der Waals surface area contributed by atoms with Crippen LogP contribution in [0, 0.1) is 0 Å². The van der Waals surface area contributed by atoms with Crippen molar-refractivity contribution in [2.75, 3.05) is 20.3 Å². The Balaban J connectivity index is 2.72. The topological polar surface area (TPSA) is 49.8 Å². The summed E-state index contributed by atoms with van der Waals surface area (Å²) in [5, 5.41) is 9.18. The van der Waals surface area contributed by atoms with Gasteiger partial charge in [0, 0.05) is 13.2 Å². The third-order valence-electron chi connectivity index (χ3n) is 3.10. The first-order chi connectivity index (χ1) is 6.52. The van der Waals surface area contributed by atoms with Gasteiger partial charge in [0.05, 0.1) is 6.61 Å². The van der Waals surface area contributed by atoms with E-state index in [1.54, 1.807) is 14.0 Å². The van der Waals surface area contributed by atoms with E-state index < -0.39 is 11.5 Å². The van der Waals surface area contributed by atoms with Gasteiger partial charge in [-0.1, -0.05) is 0 Å². The first-order valence-electron chi connectivity index (χ1n) is 5.01. The molecule has 82 valence electrons. The fraction of sp³-hybridized carbons (Fsp3) is 0.900. The predicted molar refractivity (Wildman–Crippen MR) is 53.3 cm³/mol. The van der Waals surface area contributed by atoms with Crippen LogP contribution < -0.4 is 0 Å². The van der Waals surface area contributed by atoms with E-state index in [2.05, 4.69) is 0 Å². The number of carboxylic acids is 1.